The summed E-state index contributed by atoms with van der Waals surface area (Å²) in [6.07, 6.45) is -1.69. The van der Waals surface area contributed by atoms with Gasteiger partial charge in [0.15, 0.2) is 0 Å². The van der Waals surface area contributed by atoms with Gasteiger partial charge >= 0.3 is 0 Å². The first-order valence-corrected chi connectivity index (χ1v) is 6.86. The second-order valence-electron chi connectivity index (χ2n) is 5.15. The molecule has 0 saturated heterocycles. The summed E-state index contributed by atoms with van der Waals surface area (Å²) in [6, 6.07) is 0. The van der Waals surface area contributed by atoms with Crippen LogP contribution in [0.25, 0.3) is 0 Å². The molecule has 0 aromatic heterocycles. The van der Waals surface area contributed by atoms with Crippen LogP contribution in [0.4, 0.5) is 0 Å². The van der Waals surface area contributed by atoms with Gasteiger partial charge in [-0.2, -0.15) is 0 Å². The highest BCUT2D eigenvalue weighted by molar-refractivity contribution is 4.93. The molecule has 0 bridgehead atoms. The van der Waals surface area contributed by atoms with Gasteiger partial charge in [0.1, 0.15) is 5.60 Å². The average Bonchev–Trinajstić information content (AvgIpc) is 2.34. The Hall–Kier alpha value is -0.240. The number of aliphatic hydroxyl groups is 6. The van der Waals surface area contributed by atoms with Gasteiger partial charge in [0, 0.05) is 19.6 Å². The Bertz CT molecular complexity index is 223. The molecule has 0 aliphatic heterocycles. The van der Waals surface area contributed by atoms with Gasteiger partial charge in [-0.1, -0.05) is 0 Å². The van der Waals surface area contributed by atoms with E-state index in [-0.39, 0.29) is 32.5 Å². The molecular formula is C13H28O6. The van der Waals surface area contributed by atoms with Crippen molar-refractivity contribution in [2.75, 3.05) is 13.2 Å². The maximum atomic E-state index is 10.5. The molecule has 0 fully saturated rings. The zero-order chi connectivity index (χ0) is 14.9. The van der Waals surface area contributed by atoms with E-state index >= 15 is 0 Å². The maximum Gasteiger partial charge on any atom is 0.116 e. The quantitative estimate of drug-likeness (QED) is 0.274. The number of hydrogen-bond acceptors (Lipinski definition) is 6. The molecule has 19 heavy (non-hydrogen) atoms. The van der Waals surface area contributed by atoms with Crippen molar-refractivity contribution >= 4 is 0 Å². The van der Waals surface area contributed by atoms with Gasteiger partial charge in [-0.25, -0.2) is 0 Å². The molecule has 6 heteroatoms. The molecule has 0 aromatic rings. The van der Waals surface area contributed by atoms with Gasteiger partial charge < -0.3 is 30.6 Å². The monoisotopic (exact) mass is 280 g/mol. The zero-order valence-corrected chi connectivity index (χ0v) is 11.6. The van der Waals surface area contributed by atoms with Crippen LogP contribution in [0, 0.1) is 0 Å². The molecule has 0 saturated carbocycles. The van der Waals surface area contributed by atoms with Crippen molar-refractivity contribution in [3.63, 3.8) is 0 Å². The molecule has 0 amide bonds. The summed E-state index contributed by atoms with van der Waals surface area (Å²) in [4.78, 5) is 0. The predicted octanol–water partition coefficient (Wildman–Crippen LogP) is -0.855. The molecule has 116 valence electrons. The molecule has 0 spiro atoms. The minimum absolute atomic E-state index is 0.0185. The standard InChI is InChI=1S/C13H28O6/c1-10(16)9-12(18)13(19,6-2-3-7-14)11(17)5-4-8-15/h10-12,14-19H,2-9H2,1H3. The van der Waals surface area contributed by atoms with Crippen molar-refractivity contribution < 1.29 is 30.6 Å². The van der Waals surface area contributed by atoms with Crippen molar-refractivity contribution in [1.82, 2.24) is 0 Å². The molecule has 6 N–H and O–H groups in total. The van der Waals surface area contributed by atoms with E-state index in [1.54, 1.807) is 0 Å². The Labute approximate surface area is 114 Å². The van der Waals surface area contributed by atoms with E-state index in [4.69, 9.17) is 10.2 Å². The van der Waals surface area contributed by atoms with Crippen LogP contribution in [0.2, 0.25) is 0 Å². The largest absolute Gasteiger partial charge is 0.396 e. The van der Waals surface area contributed by atoms with Gasteiger partial charge in [0.2, 0.25) is 0 Å². The second kappa shape index (κ2) is 9.63. The Morgan fingerprint density at radius 2 is 1.47 bits per heavy atom. The van der Waals surface area contributed by atoms with Gasteiger partial charge in [0.05, 0.1) is 18.3 Å². The highest BCUT2D eigenvalue weighted by atomic mass is 16.4. The number of aliphatic hydroxyl groups excluding tert-OH is 5. The summed E-state index contributed by atoms with van der Waals surface area (Å²) >= 11 is 0. The lowest BCUT2D eigenvalue weighted by atomic mass is 9.81. The van der Waals surface area contributed by atoms with Crippen LogP contribution in [-0.4, -0.2) is 67.8 Å². The molecule has 4 atom stereocenters. The highest BCUT2D eigenvalue weighted by Gasteiger charge is 2.41. The number of rotatable bonds is 11. The maximum absolute atomic E-state index is 10.5. The fourth-order valence-corrected chi connectivity index (χ4v) is 2.14. The molecule has 0 radical (unpaired) electrons. The smallest absolute Gasteiger partial charge is 0.116 e. The summed E-state index contributed by atoms with van der Waals surface area (Å²) < 4.78 is 0. The first-order valence-electron chi connectivity index (χ1n) is 6.86. The normalized spacial score (nSPS) is 19.7. The van der Waals surface area contributed by atoms with Crippen LogP contribution in [-0.2, 0) is 0 Å². The van der Waals surface area contributed by atoms with Gasteiger partial charge in [-0.15, -0.1) is 0 Å². The Morgan fingerprint density at radius 3 is 1.95 bits per heavy atom. The first-order chi connectivity index (χ1) is 8.88. The Kier molecular flexibility index (Phi) is 9.51. The third kappa shape index (κ3) is 6.65. The lowest BCUT2D eigenvalue weighted by Gasteiger charge is -2.38. The van der Waals surface area contributed by atoms with Gasteiger partial charge in [-0.3, -0.25) is 0 Å². The molecule has 4 unspecified atom stereocenters. The molecule has 0 aliphatic carbocycles. The lowest BCUT2D eigenvalue weighted by molar-refractivity contribution is -0.161. The van der Waals surface area contributed by atoms with Gasteiger partial charge in [-0.05, 0) is 39.0 Å². The SMILES string of the molecule is CC(O)CC(O)C(O)(CCCCO)C(O)CCCO. The molecular weight excluding hydrogens is 252 g/mol. The van der Waals surface area contributed by atoms with Crippen LogP contribution >= 0.6 is 0 Å². The van der Waals surface area contributed by atoms with E-state index in [1.807, 2.05) is 0 Å². The number of hydrogen-bond donors (Lipinski definition) is 6. The van der Waals surface area contributed by atoms with Crippen molar-refractivity contribution in [3.05, 3.63) is 0 Å². The Balaban J connectivity index is 4.67. The molecule has 0 rings (SSSR count). The first kappa shape index (κ1) is 18.8. The topological polar surface area (TPSA) is 121 Å². The van der Waals surface area contributed by atoms with Crippen LogP contribution in [0.15, 0.2) is 0 Å². The second-order valence-corrected chi connectivity index (χ2v) is 5.15. The van der Waals surface area contributed by atoms with Crippen molar-refractivity contribution in [3.8, 4) is 0 Å². The van der Waals surface area contributed by atoms with Crippen LogP contribution < -0.4 is 0 Å². The minimum Gasteiger partial charge on any atom is -0.396 e. The summed E-state index contributed by atoms with van der Waals surface area (Å²) in [5, 5.41) is 57.3. The van der Waals surface area contributed by atoms with E-state index in [0.29, 0.717) is 19.3 Å². The van der Waals surface area contributed by atoms with Crippen molar-refractivity contribution in [2.24, 2.45) is 0 Å². The Morgan fingerprint density at radius 1 is 0.895 bits per heavy atom. The predicted molar refractivity (Wildman–Crippen MR) is 70.5 cm³/mol. The molecule has 0 heterocycles. The summed E-state index contributed by atoms with van der Waals surface area (Å²) in [7, 11) is 0. The fraction of sp³-hybridized carbons (Fsp3) is 1.00. The van der Waals surface area contributed by atoms with Crippen LogP contribution in [0.3, 0.4) is 0 Å². The fourth-order valence-electron chi connectivity index (χ4n) is 2.14. The van der Waals surface area contributed by atoms with Crippen molar-refractivity contribution in [1.29, 1.82) is 0 Å². The summed E-state index contributed by atoms with van der Waals surface area (Å²) in [5.41, 5.74) is -1.72. The number of unbranched alkanes of at least 4 members (excludes halogenated alkanes) is 1. The molecule has 0 aromatic carbocycles. The van der Waals surface area contributed by atoms with Crippen molar-refractivity contribution in [2.45, 2.75) is 69.4 Å². The van der Waals surface area contributed by atoms with E-state index < -0.39 is 23.9 Å². The molecule has 6 nitrogen and oxygen atoms in total. The lowest BCUT2D eigenvalue weighted by Crippen LogP contribution is -2.53. The highest BCUT2D eigenvalue weighted by Crippen LogP contribution is 2.28. The summed E-state index contributed by atoms with van der Waals surface area (Å²) in [6.45, 7) is 1.38. The third-order valence-electron chi connectivity index (χ3n) is 3.34. The molecule has 0 aliphatic rings. The minimum atomic E-state index is -1.72. The zero-order valence-electron chi connectivity index (χ0n) is 11.6. The van der Waals surface area contributed by atoms with E-state index in [1.165, 1.54) is 6.92 Å². The van der Waals surface area contributed by atoms with Crippen LogP contribution in [0.5, 0.6) is 0 Å². The summed E-state index contributed by atoms with van der Waals surface area (Å²) in [5.74, 6) is 0. The average molecular weight is 280 g/mol. The van der Waals surface area contributed by atoms with E-state index in [0.717, 1.165) is 0 Å². The van der Waals surface area contributed by atoms with E-state index in [9.17, 15) is 20.4 Å². The van der Waals surface area contributed by atoms with Gasteiger partial charge in [0.25, 0.3) is 0 Å². The third-order valence-corrected chi connectivity index (χ3v) is 3.34. The van der Waals surface area contributed by atoms with Crippen LogP contribution in [0.1, 0.15) is 45.4 Å². The van der Waals surface area contributed by atoms with E-state index in [2.05, 4.69) is 0 Å².